The average molecular weight is 224 g/mol. The van der Waals surface area contributed by atoms with Crippen LogP contribution in [0.15, 0.2) is 24.3 Å². The molecule has 0 radical (unpaired) electrons. The predicted octanol–water partition coefficient (Wildman–Crippen LogP) is 3.93. The van der Waals surface area contributed by atoms with Gasteiger partial charge in [-0.2, -0.15) is 0 Å². The molecule has 0 spiro atoms. The SMILES string of the molecule is CC(CC(O)c1ccc(F)cc1)C(C)(C)C. The molecule has 0 fully saturated rings. The molecule has 0 bridgehead atoms. The minimum atomic E-state index is -0.505. The lowest BCUT2D eigenvalue weighted by molar-refractivity contribution is 0.111. The summed E-state index contributed by atoms with van der Waals surface area (Å²) >= 11 is 0. The summed E-state index contributed by atoms with van der Waals surface area (Å²) in [6.45, 7) is 8.62. The predicted molar refractivity (Wildman–Crippen MR) is 64.6 cm³/mol. The first-order valence-corrected chi connectivity index (χ1v) is 5.74. The molecule has 2 atom stereocenters. The van der Waals surface area contributed by atoms with Crippen molar-refractivity contribution in [3.8, 4) is 0 Å². The van der Waals surface area contributed by atoms with Gasteiger partial charge in [-0.3, -0.25) is 0 Å². The monoisotopic (exact) mass is 224 g/mol. The molecule has 2 heteroatoms. The quantitative estimate of drug-likeness (QED) is 0.824. The third-order valence-corrected chi connectivity index (χ3v) is 3.31. The third kappa shape index (κ3) is 3.60. The van der Waals surface area contributed by atoms with Gasteiger partial charge in [0.2, 0.25) is 0 Å². The zero-order chi connectivity index (χ0) is 12.3. The zero-order valence-electron chi connectivity index (χ0n) is 10.5. The summed E-state index contributed by atoms with van der Waals surface area (Å²) in [5.41, 5.74) is 0.971. The molecule has 0 saturated carbocycles. The summed E-state index contributed by atoms with van der Waals surface area (Å²) in [5.74, 6) is 0.146. The second-order valence-corrected chi connectivity index (χ2v) is 5.57. The van der Waals surface area contributed by atoms with Crippen LogP contribution in [-0.4, -0.2) is 5.11 Å². The maximum Gasteiger partial charge on any atom is 0.123 e. The van der Waals surface area contributed by atoms with Crippen LogP contribution in [0.5, 0.6) is 0 Å². The van der Waals surface area contributed by atoms with Crippen molar-refractivity contribution in [2.45, 2.75) is 40.2 Å². The second-order valence-electron chi connectivity index (χ2n) is 5.57. The van der Waals surface area contributed by atoms with Crippen molar-refractivity contribution in [3.05, 3.63) is 35.6 Å². The number of benzene rings is 1. The van der Waals surface area contributed by atoms with Crippen molar-refractivity contribution in [2.24, 2.45) is 11.3 Å². The Bertz CT molecular complexity index is 324. The maximum absolute atomic E-state index is 12.7. The van der Waals surface area contributed by atoms with Gasteiger partial charge in [0.05, 0.1) is 6.10 Å². The van der Waals surface area contributed by atoms with Crippen LogP contribution < -0.4 is 0 Å². The van der Waals surface area contributed by atoms with E-state index in [1.165, 1.54) is 12.1 Å². The fraction of sp³-hybridized carbons (Fsp3) is 0.571. The van der Waals surface area contributed by atoms with Gasteiger partial charge in [-0.1, -0.05) is 39.8 Å². The van der Waals surface area contributed by atoms with Crippen LogP contribution in [0.3, 0.4) is 0 Å². The van der Waals surface area contributed by atoms with E-state index in [9.17, 15) is 9.50 Å². The van der Waals surface area contributed by atoms with Gasteiger partial charge in [0.1, 0.15) is 5.82 Å². The molecule has 0 heterocycles. The Morgan fingerprint density at radius 2 is 1.69 bits per heavy atom. The normalized spacial score (nSPS) is 15.9. The standard InChI is InChI=1S/C14H21FO/c1-10(14(2,3)4)9-13(16)11-5-7-12(15)8-6-11/h5-8,10,13,16H,9H2,1-4H3. The van der Waals surface area contributed by atoms with E-state index in [2.05, 4.69) is 27.7 Å². The van der Waals surface area contributed by atoms with E-state index in [1.54, 1.807) is 12.1 Å². The molecule has 2 unspecified atom stereocenters. The highest BCUT2D eigenvalue weighted by atomic mass is 19.1. The molecule has 0 saturated heterocycles. The highest BCUT2D eigenvalue weighted by Gasteiger charge is 2.23. The Balaban J connectivity index is 2.65. The van der Waals surface area contributed by atoms with E-state index in [-0.39, 0.29) is 11.2 Å². The first kappa shape index (κ1) is 13.2. The lowest BCUT2D eigenvalue weighted by atomic mass is 9.78. The number of rotatable bonds is 3. The number of aliphatic hydroxyl groups excluding tert-OH is 1. The number of hydrogen-bond donors (Lipinski definition) is 1. The Labute approximate surface area is 97.3 Å². The molecule has 1 rings (SSSR count). The molecule has 0 aliphatic rings. The van der Waals surface area contributed by atoms with Gasteiger partial charge >= 0.3 is 0 Å². The summed E-state index contributed by atoms with van der Waals surface area (Å²) in [7, 11) is 0. The number of aliphatic hydroxyl groups is 1. The van der Waals surface area contributed by atoms with Crippen molar-refractivity contribution in [2.75, 3.05) is 0 Å². The van der Waals surface area contributed by atoms with E-state index >= 15 is 0 Å². The van der Waals surface area contributed by atoms with Crippen LogP contribution in [0.1, 0.15) is 45.8 Å². The largest absolute Gasteiger partial charge is 0.388 e. The van der Waals surface area contributed by atoms with Crippen molar-refractivity contribution >= 4 is 0 Å². The second kappa shape index (κ2) is 4.96. The minimum Gasteiger partial charge on any atom is -0.388 e. The molecule has 1 N–H and O–H groups in total. The fourth-order valence-electron chi connectivity index (χ4n) is 1.51. The van der Waals surface area contributed by atoms with Gasteiger partial charge in [-0.25, -0.2) is 4.39 Å². The fourth-order valence-corrected chi connectivity index (χ4v) is 1.51. The summed E-state index contributed by atoms with van der Waals surface area (Å²) in [4.78, 5) is 0. The van der Waals surface area contributed by atoms with Crippen LogP contribution in [0.4, 0.5) is 4.39 Å². The smallest absolute Gasteiger partial charge is 0.123 e. The maximum atomic E-state index is 12.7. The van der Waals surface area contributed by atoms with Gasteiger partial charge in [0, 0.05) is 0 Å². The van der Waals surface area contributed by atoms with Crippen molar-refractivity contribution in [1.82, 2.24) is 0 Å². The first-order chi connectivity index (χ1) is 7.30. The summed E-state index contributed by atoms with van der Waals surface area (Å²) in [6, 6.07) is 6.07. The van der Waals surface area contributed by atoms with Crippen molar-refractivity contribution in [3.63, 3.8) is 0 Å². The highest BCUT2D eigenvalue weighted by molar-refractivity contribution is 5.18. The van der Waals surface area contributed by atoms with Crippen LogP contribution in [-0.2, 0) is 0 Å². The van der Waals surface area contributed by atoms with Gasteiger partial charge in [-0.05, 0) is 35.4 Å². The van der Waals surface area contributed by atoms with Gasteiger partial charge in [0.25, 0.3) is 0 Å². The molecular formula is C14H21FO. The number of hydrogen-bond acceptors (Lipinski definition) is 1. The van der Waals surface area contributed by atoms with Crippen LogP contribution in [0.25, 0.3) is 0 Å². The molecule has 0 amide bonds. The molecule has 0 aliphatic heterocycles. The van der Waals surface area contributed by atoms with E-state index < -0.39 is 6.10 Å². The lowest BCUT2D eigenvalue weighted by Crippen LogP contribution is -2.19. The first-order valence-electron chi connectivity index (χ1n) is 5.74. The van der Waals surface area contributed by atoms with Gasteiger partial charge in [0.15, 0.2) is 0 Å². The summed E-state index contributed by atoms with van der Waals surface area (Å²) in [6.07, 6.45) is 0.199. The van der Waals surface area contributed by atoms with E-state index in [4.69, 9.17) is 0 Å². The Morgan fingerprint density at radius 1 is 1.19 bits per heavy atom. The average Bonchev–Trinajstić information content (AvgIpc) is 2.17. The molecule has 16 heavy (non-hydrogen) atoms. The molecule has 1 aromatic rings. The topological polar surface area (TPSA) is 20.2 Å². The molecule has 0 aromatic heterocycles. The molecular weight excluding hydrogens is 203 g/mol. The van der Waals surface area contributed by atoms with E-state index in [0.717, 1.165) is 5.56 Å². The summed E-state index contributed by atoms with van der Waals surface area (Å²) < 4.78 is 12.7. The minimum absolute atomic E-state index is 0.182. The van der Waals surface area contributed by atoms with E-state index in [0.29, 0.717) is 12.3 Å². The van der Waals surface area contributed by atoms with Crippen LogP contribution in [0.2, 0.25) is 0 Å². The molecule has 0 aliphatic carbocycles. The summed E-state index contributed by atoms with van der Waals surface area (Å²) in [5, 5.41) is 10.0. The van der Waals surface area contributed by atoms with Crippen LogP contribution >= 0.6 is 0 Å². The third-order valence-electron chi connectivity index (χ3n) is 3.31. The zero-order valence-corrected chi connectivity index (χ0v) is 10.5. The van der Waals surface area contributed by atoms with Crippen LogP contribution in [0, 0.1) is 17.2 Å². The van der Waals surface area contributed by atoms with Gasteiger partial charge < -0.3 is 5.11 Å². The highest BCUT2D eigenvalue weighted by Crippen LogP contribution is 2.33. The van der Waals surface area contributed by atoms with Gasteiger partial charge in [-0.15, -0.1) is 0 Å². The molecule has 1 nitrogen and oxygen atoms in total. The number of halogens is 1. The Hall–Kier alpha value is -0.890. The molecule has 90 valence electrons. The van der Waals surface area contributed by atoms with E-state index in [1.807, 2.05) is 0 Å². The molecule has 1 aromatic carbocycles. The lowest BCUT2D eigenvalue weighted by Gasteiger charge is -2.29. The van der Waals surface area contributed by atoms with Crippen molar-refractivity contribution < 1.29 is 9.50 Å². The Kier molecular flexibility index (Phi) is 4.09. The Morgan fingerprint density at radius 3 is 2.12 bits per heavy atom. The van der Waals surface area contributed by atoms with Crippen molar-refractivity contribution in [1.29, 1.82) is 0 Å².